The first kappa shape index (κ1) is 61.0. The lowest BCUT2D eigenvalue weighted by molar-refractivity contribution is -0.141. The Labute approximate surface area is 441 Å². The zero-order valence-electron chi connectivity index (χ0n) is 43.3. The maximum atomic E-state index is 14.4. The molecule has 6 atom stereocenters. The number of nitrogens with one attached hydrogen (secondary N) is 8. The molecule has 0 aliphatic heterocycles. The molecule has 1 heterocycles. The number of aliphatic carboxylic acids is 1. The average Bonchev–Trinajstić information content (AvgIpc) is 3.75. The van der Waals surface area contributed by atoms with E-state index in [2.05, 4.69) is 46.4 Å². The molecule has 4 rings (SSSR count). The molecule has 23 nitrogen and oxygen atoms in total. The Morgan fingerprint density at radius 1 is 0.658 bits per heavy atom. The fourth-order valence-corrected chi connectivity index (χ4v) is 8.31. The van der Waals surface area contributed by atoms with Crippen LogP contribution in [0.15, 0.2) is 85.1 Å². The molecule has 12 N–H and O–H groups in total. The number of fused-ring (bicyclic) bond motifs is 1. The van der Waals surface area contributed by atoms with Crippen molar-refractivity contribution in [3.8, 4) is 5.75 Å². The number of carboxylic acids is 1. The van der Waals surface area contributed by atoms with Gasteiger partial charge in [-0.25, -0.2) is 4.79 Å². The van der Waals surface area contributed by atoms with Crippen LogP contribution in [0.5, 0.6) is 5.75 Å². The van der Waals surface area contributed by atoms with Crippen molar-refractivity contribution < 1.29 is 65.4 Å². The van der Waals surface area contributed by atoms with Gasteiger partial charge in [-0.1, -0.05) is 100 Å². The third-order valence-electron chi connectivity index (χ3n) is 11.7. The summed E-state index contributed by atoms with van der Waals surface area (Å²) in [4.78, 5) is 110. The van der Waals surface area contributed by atoms with Crippen molar-refractivity contribution in [3.05, 3.63) is 102 Å². The van der Waals surface area contributed by atoms with Gasteiger partial charge < -0.3 is 62.0 Å². The molecular formula is C52H71N9O14S. The molecule has 7 amide bonds. The Hall–Kier alpha value is -7.57. The zero-order valence-corrected chi connectivity index (χ0v) is 44.1. The van der Waals surface area contributed by atoms with Gasteiger partial charge in [-0.2, -0.15) is 8.42 Å². The minimum atomic E-state index is -4.79. The Morgan fingerprint density at radius 2 is 1.21 bits per heavy atom. The zero-order chi connectivity index (χ0) is 56.0. The summed E-state index contributed by atoms with van der Waals surface area (Å²) in [6, 6.07) is 14.1. The number of para-hydroxylation sites is 1. The Balaban J connectivity index is 1.51. The van der Waals surface area contributed by atoms with Gasteiger partial charge in [0.2, 0.25) is 35.4 Å². The van der Waals surface area contributed by atoms with E-state index < -0.39 is 106 Å². The summed E-state index contributed by atoms with van der Waals surface area (Å²) in [5, 5.41) is 29.5. The topological polar surface area (TPSA) is 356 Å². The molecule has 0 fully saturated rings. The van der Waals surface area contributed by atoms with E-state index >= 15 is 0 Å². The third-order valence-corrected chi connectivity index (χ3v) is 12.1. The van der Waals surface area contributed by atoms with Crippen molar-refractivity contribution >= 4 is 68.8 Å². The van der Waals surface area contributed by atoms with E-state index in [0.717, 1.165) is 17.3 Å². The summed E-state index contributed by atoms with van der Waals surface area (Å²) in [5.41, 5.74) is 7.27. The van der Waals surface area contributed by atoms with Crippen LogP contribution >= 0.6 is 0 Å². The number of aromatic nitrogens is 1. The molecule has 4 aromatic rings. The summed E-state index contributed by atoms with van der Waals surface area (Å²) >= 11 is 0. The van der Waals surface area contributed by atoms with Gasteiger partial charge in [0.05, 0.1) is 13.0 Å². The molecule has 0 saturated heterocycles. The molecule has 414 valence electrons. The minimum absolute atomic E-state index is 0.00294. The van der Waals surface area contributed by atoms with Gasteiger partial charge in [0.15, 0.2) is 0 Å². The van der Waals surface area contributed by atoms with Gasteiger partial charge in [-0.05, 0) is 68.5 Å². The summed E-state index contributed by atoms with van der Waals surface area (Å²) in [7, 11) is -4.79. The van der Waals surface area contributed by atoms with Crippen LogP contribution in [-0.2, 0) is 68.0 Å². The lowest BCUT2D eigenvalue weighted by Gasteiger charge is -2.26. The monoisotopic (exact) mass is 1080 g/mol. The van der Waals surface area contributed by atoms with Crippen molar-refractivity contribution in [3.63, 3.8) is 0 Å². The smallest absolute Gasteiger partial charge is 0.446 e. The second-order valence-electron chi connectivity index (χ2n) is 19.2. The van der Waals surface area contributed by atoms with Gasteiger partial charge in [-0.3, -0.25) is 38.1 Å². The van der Waals surface area contributed by atoms with Gasteiger partial charge >= 0.3 is 22.5 Å². The number of aromatic amines is 1. The fraction of sp³-hybridized carbons (Fsp3) is 0.462. The first-order chi connectivity index (χ1) is 35.9. The van der Waals surface area contributed by atoms with Crippen LogP contribution in [0.2, 0.25) is 0 Å². The number of primary amides is 1. The average molecular weight is 1080 g/mol. The van der Waals surface area contributed by atoms with E-state index in [4.69, 9.17) is 15.0 Å². The number of carbonyl (C=O) groups excluding carboxylic acids is 7. The molecule has 0 unspecified atom stereocenters. The lowest BCUT2D eigenvalue weighted by atomic mass is 10.0. The highest BCUT2D eigenvalue weighted by molar-refractivity contribution is 7.81. The number of benzene rings is 3. The number of unbranched alkanes of at least 4 members (excludes halogenated alkanes) is 2. The van der Waals surface area contributed by atoms with Crippen LogP contribution in [0, 0.1) is 0 Å². The van der Waals surface area contributed by atoms with Crippen LogP contribution in [0.25, 0.3) is 10.9 Å². The van der Waals surface area contributed by atoms with E-state index in [1.807, 2.05) is 38.1 Å². The van der Waals surface area contributed by atoms with E-state index in [9.17, 15) is 51.9 Å². The molecule has 24 heteroatoms. The van der Waals surface area contributed by atoms with E-state index in [-0.39, 0.29) is 44.5 Å². The number of hydrogen-bond donors (Lipinski definition) is 11. The van der Waals surface area contributed by atoms with Crippen LogP contribution < -0.4 is 47.1 Å². The van der Waals surface area contributed by atoms with Crippen LogP contribution in [0.4, 0.5) is 4.79 Å². The summed E-state index contributed by atoms with van der Waals surface area (Å²) < 4.78 is 41.3. The third kappa shape index (κ3) is 21.7. The molecule has 0 aliphatic carbocycles. The highest BCUT2D eigenvalue weighted by Gasteiger charge is 2.33. The number of ether oxygens (including phenoxy) is 1. The van der Waals surface area contributed by atoms with E-state index in [1.165, 1.54) is 24.3 Å². The van der Waals surface area contributed by atoms with Gasteiger partial charge in [0, 0.05) is 48.9 Å². The largest absolute Gasteiger partial charge is 0.481 e. The number of amides is 7. The Morgan fingerprint density at radius 3 is 1.84 bits per heavy atom. The van der Waals surface area contributed by atoms with Crippen molar-refractivity contribution in [2.75, 3.05) is 13.1 Å². The highest BCUT2D eigenvalue weighted by Crippen LogP contribution is 2.20. The molecule has 0 saturated carbocycles. The van der Waals surface area contributed by atoms with Gasteiger partial charge in [-0.15, -0.1) is 0 Å². The van der Waals surface area contributed by atoms with Gasteiger partial charge in [0.25, 0.3) is 0 Å². The molecular weight excluding hydrogens is 1010 g/mol. The van der Waals surface area contributed by atoms with E-state index in [1.54, 1.807) is 57.3 Å². The summed E-state index contributed by atoms with van der Waals surface area (Å²) in [6.45, 7) is 8.51. The maximum Gasteiger partial charge on any atom is 0.446 e. The number of nitrogens with two attached hydrogens (primary N) is 1. The number of alkyl carbamates (subject to hydrolysis) is 1. The second-order valence-corrected chi connectivity index (χ2v) is 20.3. The first-order valence-corrected chi connectivity index (χ1v) is 26.4. The minimum Gasteiger partial charge on any atom is -0.481 e. The normalized spacial score (nSPS) is 13.9. The summed E-state index contributed by atoms with van der Waals surface area (Å²) in [6.07, 6.45) is 2.81. The molecule has 0 radical (unpaired) electrons. The maximum absolute atomic E-state index is 14.4. The first-order valence-electron chi connectivity index (χ1n) is 25.0. The van der Waals surface area contributed by atoms with Crippen molar-refractivity contribution in [2.24, 2.45) is 5.73 Å². The van der Waals surface area contributed by atoms with Gasteiger partial charge in [0.1, 0.15) is 41.6 Å². The molecule has 1 aromatic heterocycles. The number of hydrogen-bond acceptors (Lipinski definition) is 13. The predicted octanol–water partition coefficient (Wildman–Crippen LogP) is 2.62. The van der Waals surface area contributed by atoms with Crippen molar-refractivity contribution in [1.29, 1.82) is 0 Å². The van der Waals surface area contributed by atoms with Crippen LogP contribution in [0.3, 0.4) is 0 Å². The van der Waals surface area contributed by atoms with Crippen molar-refractivity contribution in [2.45, 2.75) is 141 Å². The standard InChI is InChI=1S/C52H71N9O14S/c1-6-8-17-35(56-48(67)41(61-51(70)74-52(3,4)5)26-33-21-23-36(24-22-33)75-76(71,72)73)30-54-31-44(62)57-42(27-34-29-55-38-20-14-13-18-37(34)38)49(68)58-39(19-9-7-2)47(66)60-43(28-45(63)64)50(69)59-40(46(53)65)25-32-15-11-10-12-16-32/h10-16,18,20-24,29,35,39-43,54-55H,6-9,17,19,25-28,30-31H2,1-5H3,(H2,53,65)(H,56,67)(H,57,62)(H,58,68)(H,59,69)(H,60,66)(H,61,70)(H,63,64)(H,71,72,73)/t35-,39-,40-,41-,42-,43-/m0/s1. The number of carbonyl (C=O) groups is 8. The Bertz CT molecular complexity index is 2710. The van der Waals surface area contributed by atoms with E-state index in [0.29, 0.717) is 42.4 Å². The van der Waals surface area contributed by atoms with Crippen molar-refractivity contribution in [1.82, 2.24) is 42.2 Å². The number of carboxylic acid groups (broad SMARTS) is 1. The molecule has 3 aromatic carbocycles. The fourth-order valence-electron chi connectivity index (χ4n) is 7.96. The van der Waals surface area contributed by atoms with Crippen LogP contribution in [0.1, 0.15) is 96.3 Å². The molecule has 0 bridgehead atoms. The molecule has 0 spiro atoms. The Kier molecular flexibility index (Phi) is 23.7. The molecule has 0 aliphatic rings. The quantitative estimate of drug-likeness (QED) is 0.0323. The van der Waals surface area contributed by atoms with Crippen LogP contribution in [-0.4, -0.2) is 126 Å². The summed E-state index contributed by atoms with van der Waals surface area (Å²) in [5.74, 6) is -6.35. The molecule has 76 heavy (non-hydrogen) atoms. The predicted molar refractivity (Wildman–Crippen MR) is 281 cm³/mol. The SMILES string of the molecule is CCCC[C@@H](CNCC(=O)N[C@@H](Cc1c[nH]c2ccccc12)C(=O)N[C@@H](CCCC)C(=O)N[C@@H](CC(=O)O)C(=O)N[C@@H](Cc1ccccc1)C(N)=O)NC(=O)[C@H](Cc1ccc(OS(=O)(=O)O)cc1)NC(=O)OC(C)(C)C. The number of rotatable bonds is 31. The second kappa shape index (κ2) is 29.5. The highest BCUT2D eigenvalue weighted by atomic mass is 32.3. The lowest BCUT2D eigenvalue weighted by Crippen LogP contribution is -2.59. The number of H-pyrrole nitrogens is 1.